The van der Waals surface area contributed by atoms with Gasteiger partial charge in [0, 0.05) is 12.5 Å². The van der Waals surface area contributed by atoms with E-state index in [1.54, 1.807) is 0 Å². The van der Waals surface area contributed by atoms with E-state index in [2.05, 4.69) is 12.2 Å². The molecule has 0 aromatic rings. The van der Waals surface area contributed by atoms with Crippen LogP contribution in [0.4, 0.5) is 0 Å². The number of nitrogens with two attached hydrogens (primary N) is 1. The van der Waals surface area contributed by atoms with Crippen molar-refractivity contribution in [2.24, 2.45) is 23.5 Å². The lowest BCUT2D eigenvalue weighted by molar-refractivity contribution is -0.122. The highest BCUT2D eigenvalue weighted by atomic mass is 16.1. The molecule has 2 aliphatic rings. The molecule has 0 radical (unpaired) electrons. The van der Waals surface area contributed by atoms with Gasteiger partial charge in [0.25, 0.3) is 0 Å². The Morgan fingerprint density at radius 2 is 2.11 bits per heavy atom. The van der Waals surface area contributed by atoms with Gasteiger partial charge in [-0.2, -0.15) is 0 Å². The van der Waals surface area contributed by atoms with E-state index in [1.807, 2.05) is 0 Å². The zero-order valence-electron chi connectivity index (χ0n) is 11.7. The lowest BCUT2D eigenvalue weighted by Crippen LogP contribution is -2.40. The Balaban J connectivity index is 1.64. The molecule has 0 aromatic heterocycles. The molecule has 0 heterocycles. The highest BCUT2D eigenvalue weighted by Crippen LogP contribution is 2.49. The molecule has 0 saturated heterocycles. The third-order valence-electron chi connectivity index (χ3n) is 4.93. The summed E-state index contributed by atoms with van der Waals surface area (Å²) in [6.45, 7) is 2.94. The van der Waals surface area contributed by atoms with Crippen LogP contribution < -0.4 is 11.1 Å². The predicted octanol–water partition coefficient (Wildman–Crippen LogP) is 2.45. The van der Waals surface area contributed by atoms with Gasteiger partial charge < -0.3 is 11.1 Å². The Bertz CT molecular complexity index is 280. The summed E-state index contributed by atoms with van der Waals surface area (Å²) in [6.07, 6.45) is 9.35. The fourth-order valence-electron chi connectivity index (χ4n) is 3.95. The Hall–Kier alpha value is -0.570. The Kier molecular flexibility index (Phi) is 5.04. The molecule has 0 spiro atoms. The largest absolute Gasteiger partial charge is 0.353 e. The van der Waals surface area contributed by atoms with Crippen LogP contribution in [0.1, 0.15) is 58.3 Å². The second kappa shape index (κ2) is 6.55. The number of fused-ring (bicyclic) bond motifs is 2. The van der Waals surface area contributed by atoms with Gasteiger partial charge in [-0.15, -0.1) is 0 Å². The zero-order valence-corrected chi connectivity index (χ0v) is 11.7. The van der Waals surface area contributed by atoms with Crippen LogP contribution in [0.5, 0.6) is 0 Å². The van der Waals surface area contributed by atoms with Gasteiger partial charge in [0.1, 0.15) is 0 Å². The second-order valence-corrected chi connectivity index (χ2v) is 6.29. The van der Waals surface area contributed by atoms with Crippen LogP contribution in [-0.2, 0) is 4.79 Å². The van der Waals surface area contributed by atoms with Crippen LogP contribution in [0, 0.1) is 17.8 Å². The monoisotopic (exact) mass is 252 g/mol. The first-order valence-corrected chi connectivity index (χ1v) is 7.70. The van der Waals surface area contributed by atoms with Crippen molar-refractivity contribution in [1.82, 2.24) is 5.32 Å². The van der Waals surface area contributed by atoms with Gasteiger partial charge in [-0.1, -0.05) is 12.8 Å². The van der Waals surface area contributed by atoms with Crippen molar-refractivity contribution >= 4 is 5.91 Å². The van der Waals surface area contributed by atoms with Crippen LogP contribution in [-0.4, -0.2) is 18.5 Å². The maximum absolute atomic E-state index is 11.8. The number of hydrogen-bond acceptors (Lipinski definition) is 2. The molecular weight excluding hydrogens is 224 g/mol. The van der Waals surface area contributed by atoms with E-state index in [1.165, 1.54) is 25.7 Å². The summed E-state index contributed by atoms with van der Waals surface area (Å²) in [5.41, 5.74) is 5.44. The van der Waals surface area contributed by atoms with Crippen molar-refractivity contribution in [2.75, 3.05) is 6.54 Å². The van der Waals surface area contributed by atoms with Crippen molar-refractivity contribution < 1.29 is 4.79 Å². The molecular formula is C15H28N2O. The van der Waals surface area contributed by atoms with Gasteiger partial charge >= 0.3 is 0 Å². The maximum Gasteiger partial charge on any atom is 0.220 e. The molecule has 0 aromatic carbocycles. The van der Waals surface area contributed by atoms with Crippen molar-refractivity contribution in [2.45, 2.75) is 64.3 Å². The summed E-state index contributed by atoms with van der Waals surface area (Å²) >= 11 is 0. The summed E-state index contributed by atoms with van der Waals surface area (Å²) in [7, 11) is 0. The number of amides is 1. The molecule has 4 atom stereocenters. The van der Waals surface area contributed by atoms with E-state index in [0.29, 0.717) is 12.5 Å². The number of rotatable bonds is 7. The average molecular weight is 252 g/mol. The van der Waals surface area contributed by atoms with E-state index in [9.17, 15) is 4.79 Å². The van der Waals surface area contributed by atoms with Gasteiger partial charge in [-0.05, 0) is 63.3 Å². The second-order valence-electron chi connectivity index (χ2n) is 6.29. The molecule has 4 unspecified atom stereocenters. The number of carbonyl (C=O) groups excluding carboxylic acids is 1. The molecule has 0 aliphatic heterocycles. The summed E-state index contributed by atoms with van der Waals surface area (Å²) in [5, 5.41) is 3.21. The minimum absolute atomic E-state index is 0.238. The van der Waals surface area contributed by atoms with E-state index in [0.717, 1.165) is 43.6 Å². The number of nitrogens with one attached hydrogen (secondary N) is 1. The molecule has 3 N–H and O–H groups in total. The van der Waals surface area contributed by atoms with Crippen LogP contribution in [0.3, 0.4) is 0 Å². The summed E-state index contributed by atoms with van der Waals surface area (Å²) in [6, 6.07) is 0.377. The first-order chi connectivity index (χ1) is 8.70. The molecule has 104 valence electrons. The SMILES string of the molecule is CC(NC(=O)CCCCCN)C1CC2CCC1C2. The highest BCUT2D eigenvalue weighted by molar-refractivity contribution is 5.76. The van der Waals surface area contributed by atoms with Gasteiger partial charge in [-0.25, -0.2) is 0 Å². The van der Waals surface area contributed by atoms with Gasteiger partial charge in [0.15, 0.2) is 0 Å². The van der Waals surface area contributed by atoms with E-state index >= 15 is 0 Å². The van der Waals surface area contributed by atoms with Crippen LogP contribution in [0.2, 0.25) is 0 Å². The Labute approximate surface area is 111 Å². The van der Waals surface area contributed by atoms with E-state index in [-0.39, 0.29) is 5.91 Å². The molecule has 1 amide bonds. The van der Waals surface area contributed by atoms with E-state index < -0.39 is 0 Å². The minimum atomic E-state index is 0.238. The zero-order chi connectivity index (χ0) is 13.0. The van der Waals surface area contributed by atoms with Crippen molar-refractivity contribution in [3.05, 3.63) is 0 Å². The molecule has 18 heavy (non-hydrogen) atoms. The quantitative estimate of drug-likeness (QED) is 0.684. The predicted molar refractivity (Wildman–Crippen MR) is 74.1 cm³/mol. The van der Waals surface area contributed by atoms with E-state index in [4.69, 9.17) is 5.73 Å². The van der Waals surface area contributed by atoms with Crippen molar-refractivity contribution in [3.8, 4) is 0 Å². The summed E-state index contributed by atoms with van der Waals surface area (Å²) < 4.78 is 0. The summed E-state index contributed by atoms with van der Waals surface area (Å²) in [5.74, 6) is 2.84. The third kappa shape index (κ3) is 3.47. The first-order valence-electron chi connectivity index (χ1n) is 7.70. The molecule has 2 rings (SSSR count). The molecule has 2 fully saturated rings. The topological polar surface area (TPSA) is 55.1 Å². The van der Waals surface area contributed by atoms with Gasteiger partial charge in [0.2, 0.25) is 5.91 Å². The molecule has 2 bridgehead atoms. The smallest absolute Gasteiger partial charge is 0.220 e. The van der Waals surface area contributed by atoms with Crippen molar-refractivity contribution in [1.29, 1.82) is 0 Å². The molecule has 2 saturated carbocycles. The lowest BCUT2D eigenvalue weighted by Gasteiger charge is -2.28. The minimum Gasteiger partial charge on any atom is -0.353 e. The summed E-state index contributed by atoms with van der Waals surface area (Å²) in [4.78, 5) is 11.8. The molecule has 3 nitrogen and oxygen atoms in total. The highest BCUT2D eigenvalue weighted by Gasteiger charge is 2.41. The maximum atomic E-state index is 11.8. The van der Waals surface area contributed by atoms with Crippen molar-refractivity contribution in [3.63, 3.8) is 0 Å². The van der Waals surface area contributed by atoms with Gasteiger partial charge in [-0.3, -0.25) is 4.79 Å². The van der Waals surface area contributed by atoms with Crippen LogP contribution in [0.25, 0.3) is 0 Å². The lowest BCUT2D eigenvalue weighted by atomic mass is 9.84. The Morgan fingerprint density at radius 3 is 2.72 bits per heavy atom. The van der Waals surface area contributed by atoms with Crippen LogP contribution >= 0.6 is 0 Å². The molecule has 3 heteroatoms. The average Bonchev–Trinajstić information content (AvgIpc) is 2.96. The standard InChI is InChI=1S/C15H28N2O/c1-11(14-10-12-6-7-13(14)9-12)17-15(18)5-3-2-4-8-16/h11-14H,2-10,16H2,1H3,(H,17,18). The Morgan fingerprint density at radius 1 is 1.28 bits per heavy atom. The van der Waals surface area contributed by atoms with Crippen LogP contribution in [0.15, 0.2) is 0 Å². The number of hydrogen-bond donors (Lipinski definition) is 2. The number of carbonyl (C=O) groups is 1. The molecule has 2 aliphatic carbocycles. The normalized spacial score (nSPS) is 31.6. The fourth-order valence-corrected chi connectivity index (χ4v) is 3.95. The fraction of sp³-hybridized carbons (Fsp3) is 0.933. The number of unbranched alkanes of at least 4 members (excludes halogenated alkanes) is 2. The first kappa shape index (κ1) is 13.9. The third-order valence-corrected chi connectivity index (χ3v) is 4.93. The van der Waals surface area contributed by atoms with Gasteiger partial charge in [0.05, 0.1) is 0 Å².